The average Bonchev–Trinajstić information content (AvgIpc) is 2.33. The molecule has 0 radical (unpaired) electrons. The molecule has 0 saturated carbocycles. The lowest BCUT2D eigenvalue weighted by atomic mass is 10.0. The Labute approximate surface area is 96.8 Å². The molecule has 82 valence electrons. The zero-order valence-corrected chi connectivity index (χ0v) is 9.56. The van der Waals surface area contributed by atoms with Gasteiger partial charge in [0.1, 0.15) is 0 Å². The van der Waals surface area contributed by atoms with Gasteiger partial charge in [0.05, 0.1) is 6.07 Å². The highest BCUT2D eigenvalue weighted by molar-refractivity contribution is 5.25. The van der Waals surface area contributed by atoms with Crippen LogP contribution in [0.2, 0.25) is 0 Å². The molecule has 0 bridgehead atoms. The maximum atomic E-state index is 8.92. The van der Waals surface area contributed by atoms with Gasteiger partial charge in [-0.3, -0.25) is 4.90 Å². The van der Waals surface area contributed by atoms with Crippen molar-refractivity contribution in [3.05, 3.63) is 47.5 Å². The molecule has 0 saturated heterocycles. The Bertz CT molecular complexity index is 414. The Kier molecular flexibility index (Phi) is 3.38. The van der Waals surface area contributed by atoms with Crippen LogP contribution in [0.3, 0.4) is 0 Å². The molecule has 0 fully saturated rings. The second-order valence-electron chi connectivity index (χ2n) is 4.32. The summed E-state index contributed by atoms with van der Waals surface area (Å²) in [4.78, 5) is 2.36. The number of hydrogen-bond acceptors (Lipinski definition) is 2. The van der Waals surface area contributed by atoms with Crippen LogP contribution in [0.15, 0.2) is 42.0 Å². The van der Waals surface area contributed by atoms with Crippen LogP contribution in [0.25, 0.3) is 0 Å². The third kappa shape index (κ3) is 2.50. The van der Waals surface area contributed by atoms with E-state index in [1.807, 2.05) is 6.07 Å². The quantitative estimate of drug-likeness (QED) is 0.753. The maximum Gasteiger partial charge on any atom is 0.0957 e. The van der Waals surface area contributed by atoms with Crippen LogP contribution in [0.1, 0.15) is 18.9 Å². The van der Waals surface area contributed by atoms with E-state index in [-0.39, 0.29) is 0 Å². The molecule has 1 aliphatic rings. The number of benzene rings is 1. The molecule has 1 aliphatic heterocycles. The molecule has 2 heteroatoms. The van der Waals surface area contributed by atoms with Gasteiger partial charge in [0, 0.05) is 24.7 Å². The highest BCUT2D eigenvalue weighted by Gasteiger charge is 2.19. The normalized spacial score (nSPS) is 21.2. The van der Waals surface area contributed by atoms with Crippen molar-refractivity contribution in [3.63, 3.8) is 0 Å². The summed E-state index contributed by atoms with van der Waals surface area (Å²) in [5.74, 6) is 0. The largest absolute Gasteiger partial charge is 0.291 e. The summed E-state index contributed by atoms with van der Waals surface area (Å²) in [5, 5.41) is 8.92. The topological polar surface area (TPSA) is 27.0 Å². The van der Waals surface area contributed by atoms with E-state index in [4.69, 9.17) is 5.26 Å². The Hall–Kier alpha value is -1.59. The van der Waals surface area contributed by atoms with Gasteiger partial charge >= 0.3 is 0 Å². The highest BCUT2D eigenvalue weighted by Crippen LogP contribution is 2.18. The monoisotopic (exact) mass is 212 g/mol. The molecule has 2 rings (SSSR count). The van der Waals surface area contributed by atoms with E-state index in [1.54, 1.807) is 0 Å². The van der Waals surface area contributed by atoms with Crippen LogP contribution in [0.5, 0.6) is 0 Å². The molecule has 0 amide bonds. The Morgan fingerprint density at radius 1 is 1.38 bits per heavy atom. The predicted octanol–water partition coefficient (Wildman–Crippen LogP) is 2.73. The first-order valence-corrected chi connectivity index (χ1v) is 5.66. The van der Waals surface area contributed by atoms with Crippen LogP contribution >= 0.6 is 0 Å². The van der Waals surface area contributed by atoms with Crippen molar-refractivity contribution in [1.82, 2.24) is 4.90 Å². The van der Waals surface area contributed by atoms with E-state index in [1.165, 1.54) is 5.56 Å². The van der Waals surface area contributed by atoms with Crippen LogP contribution in [-0.2, 0) is 6.54 Å². The fraction of sp³-hybridized carbons (Fsp3) is 0.357. The van der Waals surface area contributed by atoms with Crippen molar-refractivity contribution in [1.29, 1.82) is 5.26 Å². The third-order valence-electron chi connectivity index (χ3n) is 3.07. The lowest BCUT2D eigenvalue weighted by Crippen LogP contribution is -2.36. The second kappa shape index (κ2) is 4.96. The van der Waals surface area contributed by atoms with Gasteiger partial charge in [0.15, 0.2) is 0 Å². The molecule has 1 atom stereocenters. The van der Waals surface area contributed by atoms with Crippen LogP contribution in [-0.4, -0.2) is 17.5 Å². The summed E-state index contributed by atoms with van der Waals surface area (Å²) < 4.78 is 0. The molecule has 1 aromatic carbocycles. The van der Waals surface area contributed by atoms with Gasteiger partial charge in [-0.2, -0.15) is 5.26 Å². The minimum absolute atomic E-state index is 0.525. The van der Waals surface area contributed by atoms with Crippen molar-refractivity contribution >= 4 is 0 Å². The van der Waals surface area contributed by atoms with E-state index in [9.17, 15) is 0 Å². The predicted molar refractivity (Wildman–Crippen MR) is 64.6 cm³/mol. The fourth-order valence-corrected chi connectivity index (χ4v) is 2.01. The summed E-state index contributed by atoms with van der Waals surface area (Å²) in [6.45, 7) is 3.93. The first-order valence-electron chi connectivity index (χ1n) is 5.66. The minimum atomic E-state index is 0.525. The Morgan fingerprint density at radius 2 is 2.12 bits per heavy atom. The Morgan fingerprint density at radius 3 is 2.81 bits per heavy atom. The zero-order valence-electron chi connectivity index (χ0n) is 9.56. The SMILES string of the molecule is C[C@H]1CC=C(C#N)CN1Cc1ccccc1. The van der Waals surface area contributed by atoms with Gasteiger partial charge in [-0.05, 0) is 18.9 Å². The third-order valence-corrected chi connectivity index (χ3v) is 3.07. The first-order chi connectivity index (χ1) is 7.79. The summed E-state index contributed by atoms with van der Waals surface area (Å²) in [6.07, 6.45) is 3.04. The molecule has 0 spiro atoms. The van der Waals surface area contributed by atoms with E-state index < -0.39 is 0 Å². The van der Waals surface area contributed by atoms with E-state index in [0.29, 0.717) is 6.04 Å². The molecule has 0 aliphatic carbocycles. The summed E-state index contributed by atoms with van der Waals surface area (Å²) in [5.41, 5.74) is 2.21. The zero-order chi connectivity index (χ0) is 11.4. The molecule has 1 heterocycles. The van der Waals surface area contributed by atoms with Gasteiger partial charge in [-0.1, -0.05) is 36.4 Å². The molecular weight excluding hydrogens is 196 g/mol. The number of rotatable bonds is 2. The lowest BCUT2D eigenvalue weighted by molar-refractivity contribution is 0.210. The van der Waals surface area contributed by atoms with Crippen molar-refractivity contribution in [2.45, 2.75) is 25.9 Å². The smallest absolute Gasteiger partial charge is 0.0957 e. The Balaban J connectivity index is 2.06. The maximum absolute atomic E-state index is 8.92. The highest BCUT2D eigenvalue weighted by atomic mass is 15.2. The van der Waals surface area contributed by atoms with Crippen LogP contribution in [0, 0.1) is 11.3 Å². The van der Waals surface area contributed by atoms with Crippen molar-refractivity contribution in [2.75, 3.05) is 6.54 Å². The minimum Gasteiger partial charge on any atom is -0.291 e. The van der Waals surface area contributed by atoms with Crippen molar-refractivity contribution < 1.29 is 0 Å². The van der Waals surface area contributed by atoms with Gasteiger partial charge in [0.25, 0.3) is 0 Å². The van der Waals surface area contributed by atoms with Gasteiger partial charge < -0.3 is 0 Å². The second-order valence-corrected chi connectivity index (χ2v) is 4.32. The number of nitriles is 1. The van der Waals surface area contributed by atoms with Crippen molar-refractivity contribution in [3.8, 4) is 6.07 Å². The first kappa shape index (κ1) is 10.9. The molecule has 0 aromatic heterocycles. The van der Waals surface area contributed by atoms with E-state index in [0.717, 1.165) is 25.1 Å². The molecule has 0 N–H and O–H groups in total. The molecule has 0 unspecified atom stereocenters. The van der Waals surface area contributed by atoms with Crippen LogP contribution < -0.4 is 0 Å². The molecular formula is C14H16N2. The van der Waals surface area contributed by atoms with Gasteiger partial charge in [-0.25, -0.2) is 0 Å². The number of hydrogen-bond donors (Lipinski definition) is 0. The number of nitrogens with zero attached hydrogens (tertiary/aromatic N) is 2. The average molecular weight is 212 g/mol. The standard InChI is InChI=1S/C14H16N2/c1-12-7-8-14(9-15)11-16(12)10-13-5-3-2-4-6-13/h2-6,8,12H,7,10-11H2,1H3/t12-/m0/s1. The van der Waals surface area contributed by atoms with Gasteiger partial charge in [0.2, 0.25) is 0 Å². The van der Waals surface area contributed by atoms with Gasteiger partial charge in [-0.15, -0.1) is 0 Å². The fourth-order valence-electron chi connectivity index (χ4n) is 2.01. The molecule has 16 heavy (non-hydrogen) atoms. The van der Waals surface area contributed by atoms with E-state index in [2.05, 4.69) is 48.2 Å². The van der Waals surface area contributed by atoms with Crippen LogP contribution in [0.4, 0.5) is 0 Å². The molecule has 1 aromatic rings. The van der Waals surface area contributed by atoms with Crippen molar-refractivity contribution in [2.24, 2.45) is 0 Å². The summed E-state index contributed by atoms with van der Waals surface area (Å²) in [7, 11) is 0. The molecule has 2 nitrogen and oxygen atoms in total. The lowest BCUT2D eigenvalue weighted by Gasteiger charge is -2.31. The summed E-state index contributed by atoms with van der Waals surface area (Å²) in [6, 6.07) is 13.2. The van der Waals surface area contributed by atoms with E-state index >= 15 is 0 Å². The summed E-state index contributed by atoms with van der Waals surface area (Å²) >= 11 is 0.